The Hall–Kier alpha value is -1.49. The van der Waals surface area contributed by atoms with E-state index in [1.807, 2.05) is 12.1 Å². The molecule has 1 aliphatic heterocycles. The van der Waals surface area contributed by atoms with Gasteiger partial charge in [0.25, 0.3) is 0 Å². The van der Waals surface area contributed by atoms with Crippen LogP contribution >= 0.6 is 23.2 Å². The fraction of sp³-hybridized carbons (Fsp3) is 0.333. The molecule has 6 heteroatoms. The van der Waals surface area contributed by atoms with Crippen LogP contribution in [0.3, 0.4) is 0 Å². The normalized spacial score (nSPS) is 15.5. The van der Waals surface area contributed by atoms with Crippen molar-refractivity contribution in [2.24, 2.45) is 0 Å². The summed E-state index contributed by atoms with van der Waals surface area (Å²) in [6.07, 6.45) is 0. The van der Waals surface area contributed by atoms with Crippen molar-refractivity contribution in [3.63, 3.8) is 0 Å². The lowest BCUT2D eigenvalue weighted by molar-refractivity contribution is 0.200. The van der Waals surface area contributed by atoms with Crippen LogP contribution in [0.1, 0.15) is 0 Å². The Morgan fingerprint density at radius 2 is 1.58 bits per heavy atom. The van der Waals surface area contributed by atoms with Crippen molar-refractivity contribution >= 4 is 28.9 Å². The lowest BCUT2D eigenvalue weighted by Crippen LogP contribution is -2.47. The van der Waals surface area contributed by atoms with Gasteiger partial charge in [-0.25, -0.2) is 4.39 Å². The predicted octanol–water partition coefficient (Wildman–Crippen LogP) is 4.33. The smallest absolute Gasteiger partial charge is 0.156 e. The van der Waals surface area contributed by atoms with Crippen LogP contribution in [0.15, 0.2) is 42.5 Å². The van der Waals surface area contributed by atoms with Gasteiger partial charge in [-0.3, -0.25) is 4.90 Å². The number of para-hydroxylation sites is 2. The Morgan fingerprint density at radius 1 is 0.917 bits per heavy atom. The molecule has 1 heterocycles. The highest BCUT2D eigenvalue weighted by atomic mass is 35.5. The first-order valence-corrected chi connectivity index (χ1v) is 8.69. The molecule has 1 aliphatic rings. The third-order valence-corrected chi connectivity index (χ3v) is 4.73. The van der Waals surface area contributed by atoms with Crippen LogP contribution in [0.2, 0.25) is 10.0 Å². The minimum Gasteiger partial charge on any atom is -0.489 e. The molecule has 24 heavy (non-hydrogen) atoms. The first kappa shape index (κ1) is 17.3. The quantitative estimate of drug-likeness (QED) is 0.780. The topological polar surface area (TPSA) is 15.7 Å². The molecule has 3 nitrogen and oxygen atoms in total. The highest BCUT2D eigenvalue weighted by Crippen LogP contribution is 2.32. The van der Waals surface area contributed by atoms with Gasteiger partial charge in [-0.15, -0.1) is 0 Å². The standard InChI is InChI=1S/C18H19Cl2FN2O/c19-14-4-3-5-15(20)18(14)24-13-12-22-8-10-23(11-9-22)17-7-2-1-6-16(17)21/h1-7H,8-13H2. The number of ether oxygens (including phenoxy) is 1. The van der Waals surface area contributed by atoms with Crippen LogP contribution in [0.4, 0.5) is 10.1 Å². The Kier molecular flexibility index (Phi) is 5.82. The zero-order chi connectivity index (χ0) is 16.9. The van der Waals surface area contributed by atoms with E-state index in [-0.39, 0.29) is 5.82 Å². The van der Waals surface area contributed by atoms with E-state index in [0.717, 1.165) is 32.7 Å². The summed E-state index contributed by atoms with van der Waals surface area (Å²) >= 11 is 12.2. The van der Waals surface area contributed by atoms with Crippen molar-refractivity contribution < 1.29 is 9.13 Å². The number of halogens is 3. The third kappa shape index (κ3) is 4.12. The predicted molar refractivity (Wildman–Crippen MR) is 97.0 cm³/mol. The SMILES string of the molecule is Fc1ccccc1N1CCN(CCOc2c(Cl)cccc2Cl)CC1. The van der Waals surface area contributed by atoms with Gasteiger partial charge in [0.05, 0.1) is 15.7 Å². The molecular weight excluding hydrogens is 350 g/mol. The molecule has 0 aromatic heterocycles. The first-order chi connectivity index (χ1) is 11.6. The van der Waals surface area contributed by atoms with E-state index >= 15 is 0 Å². The fourth-order valence-electron chi connectivity index (χ4n) is 2.82. The average Bonchev–Trinajstić information content (AvgIpc) is 2.59. The van der Waals surface area contributed by atoms with Gasteiger partial charge in [0, 0.05) is 32.7 Å². The van der Waals surface area contributed by atoms with Crippen molar-refractivity contribution in [1.82, 2.24) is 4.90 Å². The molecule has 0 bridgehead atoms. The van der Waals surface area contributed by atoms with Crippen LogP contribution in [0.5, 0.6) is 5.75 Å². The summed E-state index contributed by atoms with van der Waals surface area (Å²) in [4.78, 5) is 4.37. The first-order valence-electron chi connectivity index (χ1n) is 7.94. The van der Waals surface area contributed by atoms with E-state index in [1.165, 1.54) is 6.07 Å². The van der Waals surface area contributed by atoms with Gasteiger partial charge >= 0.3 is 0 Å². The van der Waals surface area contributed by atoms with Crippen LogP contribution in [0.25, 0.3) is 0 Å². The number of rotatable bonds is 5. The van der Waals surface area contributed by atoms with Gasteiger partial charge in [0.2, 0.25) is 0 Å². The molecule has 2 aromatic carbocycles. The van der Waals surface area contributed by atoms with Crippen LogP contribution in [-0.4, -0.2) is 44.2 Å². The molecule has 1 saturated heterocycles. The summed E-state index contributed by atoms with van der Waals surface area (Å²) in [6.45, 7) is 4.64. The van der Waals surface area contributed by atoms with Gasteiger partial charge in [-0.05, 0) is 24.3 Å². The van der Waals surface area contributed by atoms with E-state index in [9.17, 15) is 4.39 Å². The van der Waals surface area contributed by atoms with Crippen LogP contribution in [0, 0.1) is 5.82 Å². The largest absolute Gasteiger partial charge is 0.489 e. The van der Waals surface area contributed by atoms with Crippen LogP contribution in [-0.2, 0) is 0 Å². The molecule has 3 rings (SSSR count). The summed E-state index contributed by atoms with van der Waals surface area (Å²) < 4.78 is 19.6. The lowest BCUT2D eigenvalue weighted by Gasteiger charge is -2.36. The summed E-state index contributed by atoms with van der Waals surface area (Å²) in [5.41, 5.74) is 0.677. The highest BCUT2D eigenvalue weighted by Gasteiger charge is 2.19. The second kappa shape index (κ2) is 8.06. The second-order valence-corrected chi connectivity index (χ2v) is 6.49. The van der Waals surface area contributed by atoms with Gasteiger partial charge in [-0.1, -0.05) is 41.4 Å². The molecule has 0 amide bonds. The Balaban J connectivity index is 1.47. The van der Waals surface area contributed by atoms with Crippen molar-refractivity contribution in [3.05, 3.63) is 58.3 Å². The molecule has 2 aromatic rings. The third-order valence-electron chi connectivity index (χ3n) is 4.14. The maximum Gasteiger partial charge on any atom is 0.156 e. The van der Waals surface area contributed by atoms with E-state index in [4.69, 9.17) is 27.9 Å². The number of hydrogen-bond acceptors (Lipinski definition) is 3. The summed E-state index contributed by atoms with van der Waals surface area (Å²) in [6, 6.07) is 12.2. The number of anilines is 1. The van der Waals surface area contributed by atoms with E-state index in [2.05, 4.69) is 9.80 Å². The summed E-state index contributed by atoms with van der Waals surface area (Å²) in [5, 5.41) is 1.04. The zero-order valence-electron chi connectivity index (χ0n) is 13.2. The van der Waals surface area contributed by atoms with Gasteiger partial charge in [0.15, 0.2) is 5.75 Å². The van der Waals surface area contributed by atoms with E-state index in [1.54, 1.807) is 24.3 Å². The minimum absolute atomic E-state index is 0.164. The van der Waals surface area contributed by atoms with Crippen molar-refractivity contribution in [2.75, 3.05) is 44.2 Å². The van der Waals surface area contributed by atoms with Crippen molar-refractivity contribution in [3.8, 4) is 5.75 Å². The minimum atomic E-state index is -0.164. The maximum atomic E-state index is 13.8. The van der Waals surface area contributed by atoms with Gasteiger partial charge < -0.3 is 9.64 Å². The number of benzene rings is 2. The maximum absolute atomic E-state index is 13.8. The zero-order valence-corrected chi connectivity index (χ0v) is 14.7. The lowest BCUT2D eigenvalue weighted by atomic mass is 10.2. The Labute approximate surface area is 151 Å². The van der Waals surface area contributed by atoms with Crippen LogP contribution < -0.4 is 9.64 Å². The molecular formula is C18H19Cl2FN2O. The molecule has 0 saturated carbocycles. The summed E-state index contributed by atoms with van der Waals surface area (Å²) in [7, 11) is 0. The van der Waals surface area contributed by atoms with Crippen molar-refractivity contribution in [1.29, 1.82) is 0 Å². The average molecular weight is 369 g/mol. The highest BCUT2D eigenvalue weighted by molar-refractivity contribution is 6.37. The molecule has 0 spiro atoms. The molecule has 1 fully saturated rings. The molecule has 0 N–H and O–H groups in total. The Bertz CT molecular complexity index is 670. The van der Waals surface area contributed by atoms with E-state index < -0.39 is 0 Å². The van der Waals surface area contributed by atoms with Gasteiger partial charge in [-0.2, -0.15) is 0 Å². The number of hydrogen-bond donors (Lipinski definition) is 0. The van der Waals surface area contributed by atoms with Crippen molar-refractivity contribution in [2.45, 2.75) is 0 Å². The number of nitrogens with zero attached hydrogens (tertiary/aromatic N) is 2. The molecule has 0 unspecified atom stereocenters. The Morgan fingerprint density at radius 3 is 2.25 bits per heavy atom. The second-order valence-electron chi connectivity index (χ2n) is 5.68. The molecule has 128 valence electrons. The fourth-order valence-corrected chi connectivity index (χ4v) is 3.32. The monoisotopic (exact) mass is 368 g/mol. The molecule has 0 atom stereocenters. The molecule has 0 aliphatic carbocycles. The summed E-state index contributed by atoms with van der Waals surface area (Å²) in [5.74, 6) is 0.369. The number of piperazine rings is 1. The van der Waals surface area contributed by atoms with E-state index in [0.29, 0.717) is 28.1 Å². The molecule has 0 radical (unpaired) electrons. The van der Waals surface area contributed by atoms with Gasteiger partial charge in [0.1, 0.15) is 12.4 Å².